The van der Waals surface area contributed by atoms with Crippen LogP contribution in [-0.2, 0) is 0 Å². The van der Waals surface area contributed by atoms with Gasteiger partial charge >= 0.3 is 0 Å². The normalized spacial score (nSPS) is 11.8. The van der Waals surface area contributed by atoms with Gasteiger partial charge in [-0.05, 0) is 30.2 Å². The summed E-state index contributed by atoms with van der Waals surface area (Å²) in [5.74, 6) is 0. The summed E-state index contributed by atoms with van der Waals surface area (Å²) >= 11 is 0. The van der Waals surface area contributed by atoms with Gasteiger partial charge < -0.3 is 5.11 Å². The molecule has 0 radical (unpaired) electrons. The maximum Gasteiger partial charge on any atom is 0.104 e. The number of hydrogen-bond acceptors (Lipinski definition) is 2. The Morgan fingerprint density at radius 1 is 0.941 bits per heavy atom. The first-order chi connectivity index (χ1) is 8.20. The summed E-state index contributed by atoms with van der Waals surface area (Å²) in [6.45, 7) is 2.01. The molecule has 1 N–H and O–H groups in total. The molecule has 2 nitrogen and oxygen atoms in total. The van der Waals surface area contributed by atoms with Crippen LogP contribution in [0.3, 0.4) is 0 Å². The molecule has 17 heavy (non-hydrogen) atoms. The van der Waals surface area contributed by atoms with Crippen molar-refractivity contribution < 1.29 is 5.11 Å². The van der Waals surface area contributed by atoms with Crippen LogP contribution in [0.25, 0.3) is 0 Å². The highest BCUT2D eigenvalue weighted by molar-refractivity contribution is 5.36. The Labute approximate surface area is 101 Å². The van der Waals surface area contributed by atoms with Gasteiger partial charge in [-0.2, -0.15) is 5.26 Å². The van der Waals surface area contributed by atoms with E-state index in [1.165, 1.54) is 5.56 Å². The van der Waals surface area contributed by atoms with Crippen molar-refractivity contribution in [1.29, 1.82) is 5.26 Å². The number of aliphatic hydroxyl groups is 1. The Balaban J connectivity index is 2.27. The number of aryl methyl sites for hydroxylation is 1. The summed E-state index contributed by atoms with van der Waals surface area (Å²) in [5, 5.41) is 18.9. The van der Waals surface area contributed by atoms with E-state index in [4.69, 9.17) is 5.26 Å². The molecule has 0 unspecified atom stereocenters. The maximum absolute atomic E-state index is 10.2. The fourth-order valence-electron chi connectivity index (χ4n) is 1.68. The molecular weight excluding hydrogens is 210 g/mol. The zero-order valence-electron chi connectivity index (χ0n) is 9.59. The van der Waals surface area contributed by atoms with Crippen LogP contribution in [-0.4, -0.2) is 5.11 Å². The second-order valence-corrected chi connectivity index (χ2v) is 4.05. The van der Waals surface area contributed by atoms with E-state index in [1.54, 1.807) is 24.3 Å². The highest BCUT2D eigenvalue weighted by atomic mass is 16.3. The molecule has 0 bridgehead atoms. The minimum absolute atomic E-state index is 0.602. The second-order valence-electron chi connectivity index (χ2n) is 4.05. The Hall–Kier alpha value is -2.11. The standard InChI is InChI=1S/C15H13NO/c1-11-2-6-13(7-3-11)15(17)14-8-4-12(10-16)5-9-14/h2-9,15,17H,1H3/t15-/m1/s1. The van der Waals surface area contributed by atoms with Gasteiger partial charge in [0.25, 0.3) is 0 Å². The fraction of sp³-hybridized carbons (Fsp3) is 0.133. The van der Waals surface area contributed by atoms with Gasteiger partial charge in [0.15, 0.2) is 0 Å². The van der Waals surface area contributed by atoms with Crippen LogP contribution in [0.5, 0.6) is 0 Å². The van der Waals surface area contributed by atoms with E-state index >= 15 is 0 Å². The van der Waals surface area contributed by atoms with E-state index in [2.05, 4.69) is 6.07 Å². The largest absolute Gasteiger partial charge is 0.384 e. The van der Waals surface area contributed by atoms with E-state index < -0.39 is 6.10 Å². The van der Waals surface area contributed by atoms with E-state index in [0.29, 0.717) is 5.56 Å². The minimum atomic E-state index is -0.636. The molecular formula is C15H13NO. The molecule has 0 saturated carbocycles. The molecule has 0 saturated heterocycles. The smallest absolute Gasteiger partial charge is 0.104 e. The number of hydrogen-bond donors (Lipinski definition) is 1. The summed E-state index contributed by atoms with van der Waals surface area (Å²) in [6.07, 6.45) is -0.636. The van der Waals surface area contributed by atoms with Gasteiger partial charge in [0.05, 0.1) is 11.6 Å². The van der Waals surface area contributed by atoms with Gasteiger partial charge in [-0.1, -0.05) is 42.0 Å². The van der Waals surface area contributed by atoms with Crippen LogP contribution >= 0.6 is 0 Å². The van der Waals surface area contributed by atoms with E-state index in [1.807, 2.05) is 31.2 Å². The first-order valence-corrected chi connectivity index (χ1v) is 5.45. The summed E-state index contributed by atoms with van der Waals surface area (Å²) < 4.78 is 0. The number of rotatable bonds is 2. The zero-order valence-corrected chi connectivity index (χ0v) is 9.59. The molecule has 0 amide bonds. The van der Waals surface area contributed by atoms with Crippen molar-refractivity contribution in [2.24, 2.45) is 0 Å². The molecule has 84 valence electrons. The number of nitriles is 1. The highest BCUT2D eigenvalue weighted by Gasteiger charge is 2.09. The number of nitrogens with zero attached hydrogens (tertiary/aromatic N) is 1. The molecule has 0 aliphatic rings. The van der Waals surface area contributed by atoms with Crippen molar-refractivity contribution in [2.45, 2.75) is 13.0 Å². The molecule has 0 spiro atoms. The molecule has 1 atom stereocenters. The molecule has 2 aromatic carbocycles. The summed E-state index contributed by atoms with van der Waals surface area (Å²) in [6, 6.07) is 16.8. The van der Waals surface area contributed by atoms with Gasteiger partial charge in [0.1, 0.15) is 6.10 Å². The van der Waals surface area contributed by atoms with Crippen LogP contribution in [0.1, 0.15) is 28.4 Å². The van der Waals surface area contributed by atoms with Crippen molar-refractivity contribution in [3.05, 3.63) is 70.8 Å². The first-order valence-electron chi connectivity index (χ1n) is 5.45. The molecule has 0 aliphatic heterocycles. The average Bonchev–Trinajstić information content (AvgIpc) is 2.39. The summed E-state index contributed by atoms with van der Waals surface area (Å²) in [5.41, 5.74) is 3.43. The SMILES string of the molecule is Cc1ccc([C@@H](O)c2ccc(C#N)cc2)cc1. The lowest BCUT2D eigenvalue weighted by atomic mass is 10.00. The monoisotopic (exact) mass is 223 g/mol. The van der Waals surface area contributed by atoms with Crippen LogP contribution in [0, 0.1) is 18.3 Å². The third-order valence-corrected chi connectivity index (χ3v) is 2.75. The lowest BCUT2D eigenvalue weighted by Gasteiger charge is -2.11. The van der Waals surface area contributed by atoms with Gasteiger partial charge in [-0.15, -0.1) is 0 Å². The van der Waals surface area contributed by atoms with Gasteiger partial charge in [-0.25, -0.2) is 0 Å². The quantitative estimate of drug-likeness (QED) is 0.850. The van der Waals surface area contributed by atoms with Crippen molar-refractivity contribution in [3.63, 3.8) is 0 Å². The lowest BCUT2D eigenvalue weighted by molar-refractivity contribution is 0.220. The molecule has 0 aromatic heterocycles. The number of aliphatic hydroxyl groups excluding tert-OH is 1. The van der Waals surface area contributed by atoms with E-state index in [-0.39, 0.29) is 0 Å². The average molecular weight is 223 g/mol. The minimum Gasteiger partial charge on any atom is -0.384 e. The molecule has 2 aromatic rings. The molecule has 0 fully saturated rings. The Morgan fingerprint density at radius 2 is 1.41 bits per heavy atom. The Bertz CT molecular complexity index is 535. The first kappa shape index (κ1) is 11.4. The van der Waals surface area contributed by atoms with Crippen LogP contribution < -0.4 is 0 Å². The van der Waals surface area contributed by atoms with Gasteiger partial charge in [-0.3, -0.25) is 0 Å². The molecule has 0 aliphatic carbocycles. The zero-order chi connectivity index (χ0) is 12.3. The maximum atomic E-state index is 10.2. The number of benzene rings is 2. The summed E-state index contributed by atoms with van der Waals surface area (Å²) in [4.78, 5) is 0. The summed E-state index contributed by atoms with van der Waals surface area (Å²) in [7, 11) is 0. The third-order valence-electron chi connectivity index (χ3n) is 2.75. The van der Waals surface area contributed by atoms with Gasteiger partial charge in [0, 0.05) is 0 Å². The van der Waals surface area contributed by atoms with Crippen molar-refractivity contribution in [3.8, 4) is 6.07 Å². The van der Waals surface area contributed by atoms with Crippen LogP contribution in [0.2, 0.25) is 0 Å². The van der Waals surface area contributed by atoms with Crippen molar-refractivity contribution in [2.75, 3.05) is 0 Å². The van der Waals surface area contributed by atoms with E-state index in [0.717, 1.165) is 11.1 Å². The topological polar surface area (TPSA) is 44.0 Å². The second kappa shape index (κ2) is 4.82. The lowest BCUT2D eigenvalue weighted by Crippen LogP contribution is -1.99. The molecule has 0 heterocycles. The Kier molecular flexibility index (Phi) is 3.22. The van der Waals surface area contributed by atoms with E-state index in [9.17, 15) is 5.11 Å². The van der Waals surface area contributed by atoms with Crippen molar-refractivity contribution >= 4 is 0 Å². The van der Waals surface area contributed by atoms with Crippen LogP contribution in [0.15, 0.2) is 48.5 Å². The Morgan fingerprint density at radius 3 is 1.88 bits per heavy atom. The van der Waals surface area contributed by atoms with Crippen molar-refractivity contribution in [1.82, 2.24) is 0 Å². The molecule has 2 rings (SSSR count). The predicted molar refractivity (Wildman–Crippen MR) is 66.4 cm³/mol. The molecule has 2 heteroatoms. The highest BCUT2D eigenvalue weighted by Crippen LogP contribution is 2.22. The fourth-order valence-corrected chi connectivity index (χ4v) is 1.68. The predicted octanol–water partition coefficient (Wildman–Crippen LogP) is 2.95. The van der Waals surface area contributed by atoms with Gasteiger partial charge in [0.2, 0.25) is 0 Å². The van der Waals surface area contributed by atoms with Crippen LogP contribution in [0.4, 0.5) is 0 Å². The third kappa shape index (κ3) is 2.52.